The molecule has 0 saturated heterocycles. The summed E-state index contributed by atoms with van der Waals surface area (Å²) in [5, 5.41) is 8.91. The van der Waals surface area contributed by atoms with Crippen molar-refractivity contribution in [1.82, 2.24) is 19.7 Å². The van der Waals surface area contributed by atoms with Gasteiger partial charge in [0.05, 0.1) is 13.3 Å². The van der Waals surface area contributed by atoms with Crippen molar-refractivity contribution in [2.45, 2.75) is 19.6 Å². The Balaban J connectivity index is 1.45. The summed E-state index contributed by atoms with van der Waals surface area (Å²) >= 11 is 0. The summed E-state index contributed by atoms with van der Waals surface area (Å²) in [6, 6.07) is 25.4. The van der Waals surface area contributed by atoms with Gasteiger partial charge in [-0.25, -0.2) is 4.68 Å². The lowest BCUT2D eigenvalue weighted by atomic mass is 10.2. The summed E-state index contributed by atoms with van der Waals surface area (Å²) in [4.78, 5) is 26.1. The third-order valence-electron chi connectivity index (χ3n) is 5.90. The van der Waals surface area contributed by atoms with E-state index in [0.29, 0.717) is 18.6 Å². The van der Waals surface area contributed by atoms with Gasteiger partial charge in [0.15, 0.2) is 0 Å². The molecular weight excluding hydrogens is 428 g/mol. The number of methoxy groups -OCH3 is 1. The Kier molecular flexibility index (Phi) is 5.82. The largest absolute Gasteiger partial charge is 0.497 e. The Morgan fingerprint density at radius 3 is 2.41 bits per heavy atom. The number of benzene rings is 3. The van der Waals surface area contributed by atoms with Crippen LogP contribution >= 0.6 is 0 Å². The molecule has 0 bridgehead atoms. The number of carbonyl (C=O) groups excluding carboxylic acids is 1. The molecule has 2 heterocycles. The van der Waals surface area contributed by atoms with Gasteiger partial charge in [0.1, 0.15) is 17.8 Å². The molecule has 0 unspecified atom stereocenters. The van der Waals surface area contributed by atoms with E-state index in [2.05, 4.69) is 10.4 Å². The second-order valence-electron chi connectivity index (χ2n) is 8.08. The van der Waals surface area contributed by atoms with Gasteiger partial charge in [-0.2, -0.15) is 5.10 Å². The lowest BCUT2D eigenvalue weighted by Crippen LogP contribution is -2.33. The first-order valence-electron chi connectivity index (χ1n) is 11.0. The molecule has 0 aliphatic heterocycles. The zero-order chi connectivity index (χ0) is 23.5. The molecule has 1 N–H and O–H groups in total. The van der Waals surface area contributed by atoms with E-state index < -0.39 is 0 Å². The fourth-order valence-corrected chi connectivity index (χ4v) is 4.17. The predicted octanol–water partition coefficient (Wildman–Crippen LogP) is 3.72. The highest BCUT2D eigenvalue weighted by Crippen LogP contribution is 2.27. The Bertz CT molecular complexity index is 1520. The van der Waals surface area contributed by atoms with E-state index in [0.717, 1.165) is 33.2 Å². The Morgan fingerprint density at radius 2 is 1.65 bits per heavy atom. The minimum atomic E-state index is -0.288. The van der Waals surface area contributed by atoms with Crippen LogP contribution in [0.3, 0.4) is 0 Å². The van der Waals surface area contributed by atoms with Gasteiger partial charge >= 0.3 is 0 Å². The van der Waals surface area contributed by atoms with E-state index in [4.69, 9.17) is 4.74 Å². The fraction of sp³-hybridized carbons (Fsp3) is 0.148. The maximum atomic E-state index is 13.5. The number of nitrogens with one attached hydrogen (secondary N) is 1. The average Bonchev–Trinajstić information content (AvgIpc) is 3.19. The minimum absolute atomic E-state index is 0.155. The van der Waals surface area contributed by atoms with Crippen LogP contribution in [0.25, 0.3) is 21.8 Å². The Hall–Kier alpha value is -4.39. The summed E-state index contributed by atoms with van der Waals surface area (Å²) in [7, 11) is 1.61. The maximum absolute atomic E-state index is 13.5. The number of hydrogen-bond donors (Lipinski definition) is 1. The highest BCUT2D eigenvalue weighted by molar-refractivity contribution is 6.07. The molecule has 7 heteroatoms. The van der Waals surface area contributed by atoms with Gasteiger partial charge in [-0.15, -0.1) is 0 Å². The third kappa shape index (κ3) is 4.15. The highest BCUT2D eigenvalue weighted by atomic mass is 16.5. The van der Waals surface area contributed by atoms with Crippen molar-refractivity contribution < 1.29 is 9.53 Å². The molecule has 0 atom stereocenters. The molecule has 5 aromatic rings. The van der Waals surface area contributed by atoms with Crippen LogP contribution in [0.5, 0.6) is 5.75 Å². The Morgan fingerprint density at radius 1 is 0.912 bits per heavy atom. The summed E-state index contributed by atoms with van der Waals surface area (Å²) < 4.78 is 8.39. The third-order valence-corrected chi connectivity index (χ3v) is 5.90. The quantitative estimate of drug-likeness (QED) is 0.408. The first-order chi connectivity index (χ1) is 16.6. The molecule has 0 aliphatic carbocycles. The molecule has 0 fully saturated rings. The lowest BCUT2D eigenvalue weighted by molar-refractivity contribution is -0.122. The van der Waals surface area contributed by atoms with Crippen LogP contribution in [-0.4, -0.2) is 27.4 Å². The van der Waals surface area contributed by atoms with Crippen molar-refractivity contribution in [2.24, 2.45) is 0 Å². The van der Waals surface area contributed by atoms with Gasteiger partial charge in [0.25, 0.3) is 5.56 Å². The first kappa shape index (κ1) is 21.5. The molecule has 5 rings (SSSR count). The van der Waals surface area contributed by atoms with Crippen molar-refractivity contribution in [3.8, 4) is 5.75 Å². The van der Waals surface area contributed by atoms with Gasteiger partial charge in [0.2, 0.25) is 5.91 Å². The number of amides is 1. The first-order valence-corrected chi connectivity index (χ1v) is 11.0. The van der Waals surface area contributed by atoms with E-state index in [1.54, 1.807) is 13.3 Å². The number of nitrogens with zero attached hydrogens (tertiary/aromatic N) is 3. The lowest BCUT2D eigenvalue weighted by Gasteiger charge is -2.10. The number of hydrogen-bond acceptors (Lipinski definition) is 4. The Labute approximate surface area is 196 Å². The van der Waals surface area contributed by atoms with Gasteiger partial charge in [-0.3, -0.25) is 9.59 Å². The normalized spacial score (nSPS) is 11.1. The fourth-order valence-electron chi connectivity index (χ4n) is 4.17. The van der Waals surface area contributed by atoms with E-state index in [9.17, 15) is 9.59 Å². The molecule has 1 amide bonds. The molecule has 0 radical (unpaired) electrons. The maximum Gasteiger partial charge on any atom is 0.291 e. The molecular formula is C27H24N4O3. The van der Waals surface area contributed by atoms with Crippen molar-refractivity contribution in [2.75, 3.05) is 7.11 Å². The van der Waals surface area contributed by atoms with Crippen molar-refractivity contribution >= 4 is 27.7 Å². The number of para-hydroxylation sites is 1. The van der Waals surface area contributed by atoms with E-state index in [-0.39, 0.29) is 18.0 Å². The smallest absolute Gasteiger partial charge is 0.291 e. The van der Waals surface area contributed by atoms with E-state index in [1.165, 1.54) is 4.68 Å². The monoisotopic (exact) mass is 452 g/mol. The topological polar surface area (TPSA) is 78.2 Å². The molecule has 170 valence electrons. The highest BCUT2D eigenvalue weighted by Gasteiger charge is 2.17. The van der Waals surface area contributed by atoms with Gasteiger partial charge in [0, 0.05) is 29.4 Å². The number of aromatic nitrogens is 3. The number of rotatable bonds is 7. The number of fused-ring (bicyclic) bond motifs is 3. The van der Waals surface area contributed by atoms with Gasteiger partial charge in [-0.1, -0.05) is 60.7 Å². The second kappa shape index (κ2) is 9.23. The van der Waals surface area contributed by atoms with Crippen molar-refractivity contribution in [3.05, 3.63) is 107 Å². The molecule has 0 spiro atoms. The molecule has 0 aliphatic rings. The number of carbonyl (C=O) groups is 1. The standard InChI is InChI=1S/C27H24N4O3/c1-34-21-13-11-19(12-14-21)15-28-25(32)18-31-27(33)26-23(16-29-31)22-9-5-6-10-24(22)30(26)17-20-7-3-2-4-8-20/h2-14,16H,15,17-18H2,1H3,(H,28,32). The van der Waals surface area contributed by atoms with E-state index in [1.807, 2.05) is 83.4 Å². The SMILES string of the molecule is COc1ccc(CNC(=O)Cn2ncc3c4ccccc4n(Cc4ccccc4)c3c2=O)cc1. The summed E-state index contributed by atoms with van der Waals surface area (Å²) in [6.07, 6.45) is 1.68. The van der Waals surface area contributed by atoms with Crippen LogP contribution in [-0.2, 0) is 24.4 Å². The summed E-state index contributed by atoms with van der Waals surface area (Å²) in [6.45, 7) is 0.750. The second-order valence-corrected chi connectivity index (χ2v) is 8.08. The van der Waals surface area contributed by atoms with Gasteiger partial charge < -0.3 is 14.6 Å². The van der Waals surface area contributed by atoms with Crippen LogP contribution in [0, 0.1) is 0 Å². The zero-order valence-corrected chi connectivity index (χ0v) is 18.8. The molecule has 7 nitrogen and oxygen atoms in total. The predicted molar refractivity (Wildman–Crippen MR) is 132 cm³/mol. The minimum Gasteiger partial charge on any atom is -0.497 e. The van der Waals surface area contributed by atoms with Crippen LogP contribution in [0.1, 0.15) is 11.1 Å². The zero-order valence-electron chi connectivity index (χ0n) is 18.8. The van der Waals surface area contributed by atoms with Crippen LogP contribution in [0.4, 0.5) is 0 Å². The van der Waals surface area contributed by atoms with Crippen LogP contribution in [0.2, 0.25) is 0 Å². The summed E-state index contributed by atoms with van der Waals surface area (Å²) in [5.74, 6) is 0.473. The van der Waals surface area contributed by atoms with Crippen molar-refractivity contribution in [3.63, 3.8) is 0 Å². The molecule has 0 saturated carbocycles. The number of ether oxygens (including phenoxy) is 1. The molecule has 34 heavy (non-hydrogen) atoms. The molecule has 3 aromatic carbocycles. The van der Waals surface area contributed by atoms with Crippen LogP contribution < -0.4 is 15.6 Å². The van der Waals surface area contributed by atoms with Crippen LogP contribution in [0.15, 0.2) is 89.9 Å². The average molecular weight is 453 g/mol. The van der Waals surface area contributed by atoms with E-state index >= 15 is 0 Å². The summed E-state index contributed by atoms with van der Waals surface area (Å²) in [5.41, 5.74) is 3.24. The van der Waals surface area contributed by atoms with Gasteiger partial charge in [-0.05, 0) is 29.3 Å². The van der Waals surface area contributed by atoms with Crippen molar-refractivity contribution in [1.29, 1.82) is 0 Å². The molecule has 2 aromatic heterocycles.